The van der Waals surface area contributed by atoms with Crippen molar-refractivity contribution < 1.29 is 26.7 Å². The van der Waals surface area contributed by atoms with Gasteiger partial charge in [-0.1, -0.05) is 34.8 Å². The second-order valence-electron chi connectivity index (χ2n) is 6.20. The molecular formula is C19H11Cl3F2N2O4S. The van der Waals surface area contributed by atoms with Crippen LogP contribution in [0.25, 0.3) is 11.1 Å². The Morgan fingerprint density at radius 3 is 2.32 bits per heavy atom. The second-order valence-corrected chi connectivity index (χ2v) is 9.17. The molecule has 3 aromatic rings. The average molecular weight is 508 g/mol. The molecule has 0 bridgehead atoms. The first-order valence-corrected chi connectivity index (χ1v) is 11.3. The predicted octanol–water partition coefficient (Wildman–Crippen LogP) is 5.47. The summed E-state index contributed by atoms with van der Waals surface area (Å²) in [5.41, 5.74) is -0.924. The lowest BCUT2D eigenvalue weighted by molar-refractivity contribution is 0.0977. The maximum atomic E-state index is 14.5. The summed E-state index contributed by atoms with van der Waals surface area (Å²) < 4.78 is 58.3. The van der Waals surface area contributed by atoms with Gasteiger partial charge in [0.2, 0.25) is 15.9 Å². The molecule has 1 N–H and O–H groups in total. The van der Waals surface area contributed by atoms with Crippen molar-refractivity contribution in [3.8, 4) is 22.8 Å². The molecule has 1 aromatic heterocycles. The van der Waals surface area contributed by atoms with Crippen LogP contribution in [0.1, 0.15) is 10.4 Å². The molecule has 0 radical (unpaired) electrons. The van der Waals surface area contributed by atoms with E-state index in [9.17, 15) is 22.0 Å². The number of nitrogens with one attached hydrogen (secondary N) is 1. The molecule has 162 valence electrons. The number of carbonyl (C=O) groups is 1. The Morgan fingerprint density at radius 2 is 1.71 bits per heavy atom. The van der Waals surface area contributed by atoms with Gasteiger partial charge in [0.05, 0.1) is 21.9 Å². The lowest BCUT2D eigenvalue weighted by Crippen LogP contribution is -2.30. The number of pyridine rings is 1. The monoisotopic (exact) mass is 506 g/mol. The van der Waals surface area contributed by atoms with Gasteiger partial charge in [0, 0.05) is 23.4 Å². The molecule has 0 aliphatic rings. The van der Waals surface area contributed by atoms with Crippen molar-refractivity contribution in [1.29, 1.82) is 0 Å². The van der Waals surface area contributed by atoms with Crippen molar-refractivity contribution in [2.24, 2.45) is 0 Å². The van der Waals surface area contributed by atoms with Crippen molar-refractivity contribution in [3.63, 3.8) is 0 Å². The summed E-state index contributed by atoms with van der Waals surface area (Å²) >= 11 is 17.9. The standard InChI is InChI=1S/C19H11Cl3F2N2O4S/c1-31(28,29)26-18(27)12-7-16(23)11(6-17(12)24)9-4-15(22)19(25-8-9)30-10-2-3-13(20)14(21)5-10/h2-8H,1H3,(H,26,27). The summed E-state index contributed by atoms with van der Waals surface area (Å²) in [4.78, 5) is 15.8. The summed E-state index contributed by atoms with van der Waals surface area (Å²) in [6.45, 7) is 0. The van der Waals surface area contributed by atoms with E-state index in [0.29, 0.717) is 23.1 Å². The summed E-state index contributed by atoms with van der Waals surface area (Å²) in [5.74, 6) is -3.14. The Hall–Kier alpha value is -2.46. The molecule has 31 heavy (non-hydrogen) atoms. The normalized spacial score (nSPS) is 11.3. The minimum absolute atomic E-state index is 0.0118. The molecule has 12 heteroatoms. The molecule has 0 aliphatic carbocycles. The van der Waals surface area contributed by atoms with Crippen LogP contribution in [0.3, 0.4) is 0 Å². The lowest BCUT2D eigenvalue weighted by Gasteiger charge is -2.11. The Labute approximate surface area is 190 Å². The van der Waals surface area contributed by atoms with Gasteiger partial charge in [-0.15, -0.1) is 0 Å². The van der Waals surface area contributed by atoms with E-state index in [0.717, 1.165) is 6.07 Å². The molecule has 0 unspecified atom stereocenters. The number of halogens is 5. The molecule has 0 saturated heterocycles. The molecule has 0 spiro atoms. The number of amides is 1. The molecule has 2 aromatic carbocycles. The average Bonchev–Trinajstić information content (AvgIpc) is 2.66. The smallest absolute Gasteiger partial charge is 0.267 e. The fourth-order valence-electron chi connectivity index (χ4n) is 2.47. The Bertz CT molecular complexity index is 1300. The number of aromatic nitrogens is 1. The third-order valence-corrected chi connectivity index (χ3v) is 5.37. The number of hydrogen-bond donors (Lipinski definition) is 1. The van der Waals surface area contributed by atoms with Crippen LogP contribution >= 0.6 is 34.8 Å². The Balaban J connectivity index is 1.91. The summed E-state index contributed by atoms with van der Waals surface area (Å²) in [6.07, 6.45) is 1.90. The zero-order valence-corrected chi connectivity index (χ0v) is 18.5. The quantitative estimate of drug-likeness (QED) is 0.495. The van der Waals surface area contributed by atoms with Gasteiger partial charge in [-0.2, -0.15) is 0 Å². The fraction of sp³-hybridized carbons (Fsp3) is 0.0526. The van der Waals surface area contributed by atoms with Crippen LogP contribution in [0.2, 0.25) is 15.1 Å². The lowest BCUT2D eigenvalue weighted by atomic mass is 10.0. The van der Waals surface area contributed by atoms with Crippen molar-refractivity contribution in [1.82, 2.24) is 9.71 Å². The van der Waals surface area contributed by atoms with Crippen molar-refractivity contribution in [3.05, 3.63) is 74.9 Å². The van der Waals surface area contributed by atoms with Crippen molar-refractivity contribution >= 4 is 50.7 Å². The molecule has 3 rings (SSSR count). The predicted molar refractivity (Wildman–Crippen MR) is 113 cm³/mol. The Morgan fingerprint density at radius 1 is 1.00 bits per heavy atom. The zero-order chi connectivity index (χ0) is 22.9. The first kappa shape index (κ1) is 23.2. The van der Waals surface area contributed by atoms with Crippen LogP contribution in [0.15, 0.2) is 42.6 Å². The molecule has 0 aliphatic heterocycles. The minimum atomic E-state index is -3.95. The Kier molecular flexibility index (Phi) is 6.70. The van der Waals surface area contributed by atoms with E-state index in [-0.39, 0.29) is 27.1 Å². The van der Waals surface area contributed by atoms with Gasteiger partial charge in [0.1, 0.15) is 22.4 Å². The number of nitrogens with zero attached hydrogens (tertiary/aromatic N) is 1. The van der Waals surface area contributed by atoms with Crippen molar-refractivity contribution in [2.45, 2.75) is 0 Å². The highest BCUT2D eigenvalue weighted by Gasteiger charge is 2.20. The van der Waals surface area contributed by atoms with Crippen LogP contribution in [-0.2, 0) is 10.0 Å². The minimum Gasteiger partial charge on any atom is -0.437 e. The SMILES string of the molecule is CS(=O)(=O)NC(=O)c1cc(F)c(-c2cnc(Oc3ccc(Cl)c(Cl)c3)c(Cl)c2)cc1F. The van der Waals surface area contributed by atoms with E-state index in [1.807, 2.05) is 0 Å². The van der Waals surface area contributed by atoms with Crippen LogP contribution in [0.4, 0.5) is 8.78 Å². The summed E-state index contributed by atoms with van der Waals surface area (Å²) in [7, 11) is -3.95. The number of rotatable bonds is 5. The van der Waals surface area contributed by atoms with Gasteiger partial charge in [0.15, 0.2) is 0 Å². The number of sulfonamides is 1. The molecule has 1 amide bonds. The summed E-state index contributed by atoms with van der Waals surface area (Å²) in [6, 6.07) is 7.11. The highest BCUT2D eigenvalue weighted by atomic mass is 35.5. The van der Waals surface area contributed by atoms with E-state index in [2.05, 4.69) is 4.98 Å². The third kappa shape index (κ3) is 5.62. The van der Waals surface area contributed by atoms with Gasteiger partial charge < -0.3 is 4.74 Å². The van der Waals surface area contributed by atoms with E-state index in [4.69, 9.17) is 39.5 Å². The van der Waals surface area contributed by atoms with Crippen LogP contribution in [-0.4, -0.2) is 25.6 Å². The molecular weight excluding hydrogens is 497 g/mol. The van der Waals surface area contributed by atoms with Crippen LogP contribution < -0.4 is 9.46 Å². The largest absolute Gasteiger partial charge is 0.437 e. The first-order chi connectivity index (χ1) is 14.4. The van der Waals surface area contributed by atoms with E-state index >= 15 is 0 Å². The van der Waals surface area contributed by atoms with Crippen LogP contribution in [0, 0.1) is 11.6 Å². The third-order valence-electron chi connectivity index (χ3n) is 3.80. The highest BCUT2D eigenvalue weighted by molar-refractivity contribution is 7.89. The van der Waals surface area contributed by atoms with E-state index < -0.39 is 33.1 Å². The molecule has 1 heterocycles. The first-order valence-electron chi connectivity index (χ1n) is 8.24. The number of carbonyl (C=O) groups excluding carboxylic acids is 1. The zero-order valence-electron chi connectivity index (χ0n) is 15.4. The maximum Gasteiger partial charge on any atom is 0.267 e. The number of benzene rings is 2. The second kappa shape index (κ2) is 8.96. The summed E-state index contributed by atoms with van der Waals surface area (Å²) in [5, 5.41) is 0.571. The molecule has 6 nitrogen and oxygen atoms in total. The number of hydrogen-bond acceptors (Lipinski definition) is 5. The fourth-order valence-corrected chi connectivity index (χ4v) is 3.40. The number of ether oxygens (including phenoxy) is 1. The molecule has 0 fully saturated rings. The van der Waals surface area contributed by atoms with Gasteiger partial charge in [-0.3, -0.25) is 4.79 Å². The van der Waals surface area contributed by atoms with E-state index in [1.54, 1.807) is 4.72 Å². The van der Waals surface area contributed by atoms with Gasteiger partial charge in [0.25, 0.3) is 5.91 Å². The van der Waals surface area contributed by atoms with Gasteiger partial charge in [-0.25, -0.2) is 26.9 Å². The topological polar surface area (TPSA) is 85.4 Å². The molecule has 0 atom stereocenters. The van der Waals surface area contributed by atoms with Crippen LogP contribution in [0.5, 0.6) is 11.6 Å². The van der Waals surface area contributed by atoms with Gasteiger partial charge in [-0.05, 0) is 30.3 Å². The van der Waals surface area contributed by atoms with Crippen molar-refractivity contribution in [2.75, 3.05) is 6.26 Å². The molecule has 0 saturated carbocycles. The van der Waals surface area contributed by atoms with E-state index in [1.165, 1.54) is 30.5 Å². The maximum absolute atomic E-state index is 14.5. The highest BCUT2D eigenvalue weighted by Crippen LogP contribution is 2.34. The van der Waals surface area contributed by atoms with Gasteiger partial charge >= 0.3 is 0 Å².